The highest BCUT2D eigenvalue weighted by Gasteiger charge is 1.98. The average Bonchev–Trinajstić information content (AvgIpc) is 2.54. The van der Waals surface area contributed by atoms with E-state index in [1.807, 2.05) is 18.2 Å². The van der Waals surface area contributed by atoms with E-state index in [1.54, 1.807) is 11.0 Å². The van der Waals surface area contributed by atoms with E-state index in [0.29, 0.717) is 6.54 Å². The van der Waals surface area contributed by atoms with E-state index in [1.165, 1.54) is 6.33 Å². The fourth-order valence-electron chi connectivity index (χ4n) is 1.27. The van der Waals surface area contributed by atoms with Crippen LogP contribution in [0.3, 0.4) is 0 Å². The molecule has 0 radical (unpaired) electrons. The van der Waals surface area contributed by atoms with Crippen LogP contribution in [0.2, 0.25) is 0 Å². The summed E-state index contributed by atoms with van der Waals surface area (Å²) in [4.78, 5) is 3.87. The van der Waals surface area contributed by atoms with Gasteiger partial charge in [-0.25, -0.2) is 9.67 Å². The largest absolute Gasteiger partial charge is 0.399 e. The minimum Gasteiger partial charge on any atom is -0.399 e. The van der Waals surface area contributed by atoms with E-state index in [0.717, 1.165) is 15.7 Å². The fraction of sp³-hybridized carbons (Fsp3) is 0.111. The van der Waals surface area contributed by atoms with Crippen molar-refractivity contribution < 1.29 is 0 Å². The van der Waals surface area contributed by atoms with Crippen molar-refractivity contribution in [1.82, 2.24) is 14.8 Å². The number of rotatable bonds is 2. The Morgan fingerprint density at radius 1 is 1.36 bits per heavy atom. The van der Waals surface area contributed by atoms with E-state index >= 15 is 0 Å². The van der Waals surface area contributed by atoms with Crippen LogP contribution in [-0.2, 0) is 6.54 Å². The first kappa shape index (κ1) is 9.21. The number of nitrogens with zero attached hydrogens (tertiary/aromatic N) is 3. The maximum atomic E-state index is 5.71. The first-order valence-corrected chi connectivity index (χ1v) is 4.91. The van der Waals surface area contributed by atoms with Crippen LogP contribution in [0.25, 0.3) is 0 Å². The van der Waals surface area contributed by atoms with Gasteiger partial charge in [-0.2, -0.15) is 5.10 Å². The summed E-state index contributed by atoms with van der Waals surface area (Å²) < 4.78 is 2.73. The van der Waals surface area contributed by atoms with Gasteiger partial charge < -0.3 is 5.73 Å². The summed E-state index contributed by atoms with van der Waals surface area (Å²) in [5.74, 6) is 0. The lowest BCUT2D eigenvalue weighted by Gasteiger charge is -2.03. The van der Waals surface area contributed by atoms with Crippen LogP contribution in [0.15, 0.2) is 35.3 Å². The molecule has 0 saturated heterocycles. The zero-order valence-corrected chi connectivity index (χ0v) is 8.98. The van der Waals surface area contributed by atoms with Crippen molar-refractivity contribution in [2.45, 2.75) is 6.54 Å². The van der Waals surface area contributed by atoms with Crippen molar-refractivity contribution in [3.05, 3.63) is 40.9 Å². The van der Waals surface area contributed by atoms with Crippen LogP contribution in [-0.4, -0.2) is 14.8 Å². The van der Waals surface area contributed by atoms with Gasteiger partial charge in [0.25, 0.3) is 0 Å². The lowest BCUT2D eigenvalue weighted by molar-refractivity contribution is 0.685. The van der Waals surface area contributed by atoms with Crippen LogP contribution < -0.4 is 5.73 Å². The molecular weight excluding hydrogens is 244 g/mol. The van der Waals surface area contributed by atoms with E-state index in [9.17, 15) is 0 Å². The molecule has 0 bridgehead atoms. The summed E-state index contributed by atoms with van der Waals surface area (Å²) in [5, 5.41) is 4.02. The molecule has 5 heteroatoms. The number of halogens is 1. The van der Waals surface area contributed by atoms with Crippen molar-refractivity contribution >= 4 is 21.6 Å². The van der Waals surface area contributed by atoms with Crippen molar-refractivity contribution in [3.63, 3.8) is 0 Å². The number of nitrogens with two attached hydrogens (primary N) is 1. The lowest BCUT2D eigenvalue weighted by Crippen LogP contribution is -2.00. The van der Waals surface area contributed by atoms with Gasteiger partial charge in [0, 0.05) is 10.2 Å². The zero-order chi connectivity index (χ0) is 9.97. The third-order valence-electron chi connectivity index (χ3n) is 1.79. The highest BCUT2D eigenvalue weighted by molar-refractivity contribution is 9.10. The number of hydrogen-bond donors (Lipinski definition) is 1. The highest BCUT2D eigenvalue weighted by atomic mass is 79.9. The number of anilines is 1. The van der Waals surface area contributed by atoms with Gasteiger partial charge in [-0.1, -0.05) is 15.9 Å². The number of aromatic nitrogens is 3. The molecule has 4 nitrogen and oxygen atoms in total. The lowest BCUT2D eigenvalue weighted by atomic mass is 10.2. The molecule has 0 fully saturated rings. The highest BCUT2D eigenvalue weighted by Crippen LogP contribution is 2.17. The summed E-state index contributed by atoms with van der Waals surface area (Å²) in [5.41, 5.74) is 7.56. The van der Waals surface area contributed by atoms with Gasteiger partial charge in [0.15, 0.2) is 0 Å². The number of hydrogen-bond acceptors (Lipinski definition) is 3. The van der Waals surface area contributed by atoms with Crippen LogP contribution in [0, 0.1) is 0 Å². The molecule has 2 aromatic rings. The number of nitrogen functional groups attached to an aromatic ring is 1. The molecule has 0 aliphatic carbocycles. The van der Waals surface area contributed by atoms with Crippen molar-refractivity contribution in [2.24, 2.45) is 0 Å². The summed E-state index contributed by atoms with van der Waals surface area (Å²) in [6.45, 7) is 0.684. The Labute approximate surface area is 89.9 Å². The normalized spacial score (nSPS) is 10.4. The van der Waals surface area contributed by atoms with E-state index < -0.39 is 0 Å². The van der Waals surface area contributed by atoms with Crippen LogP contribution in [0.1, 0.15) is 5.56 Å². The molecule has 0 unspecified atom stereocenters. The molecular formula is C9H9BrN4. The Morgan fingerprint density at radius 2 is 2.21 bits per heavy atom. The summed E-state index contributed by atoms with van der Waals surface area (Å²) in [7, 11) is 0. The quantitative estimate of drug-likeness (QED) is 0.828. The third kappa shape index (κ3) is 2.11. The van der Waals surface area contributed by atoms with E-state index in [4.69, 9.17) is 5.73 Å². The van der Waals surface area contributed by atoms with Gasteiger partial charge in [-0.15, -0.1) is 0 Å². The molecule has 0 saturated carbocycles. The van der Waals surface area contributed by atoms with E-state index in [-0.39, 0.29) is 0 Å². The summed E-state index contributed by atoms with van der Waals surface area (Å²) in [6, 6.07) is 5.80. The van der Waals surface area contributed by atoms with Gasteiger partial charge in [0.05, 0.1) is 6.54 Å². The molecule has 1 aromatic heterocycles. The maximum absolute atomic E-state index is 5.71. The monoisotopic (exact) mass is 252 g/mol. The van der Waals surface area contributed by atoms with Gasteiger partial charge >= 0.3 is 0 Å². The predicted molar refractivity (Wildman–Crippen MR) is 57.7 cm³/mol. The molecule has 1 heterocycles. The molecule has 14 heavy (non-hydrogen) atoms. The van der Waals surface area contributed by atoms with Crippen molar-refractivity contribution in [3.8, 4) is 0 Å². The van der Waals surface area contributed by atoms with Crippen LogP contribution in [0.5, 0.6) is 0 Å². The Bertz CT molecular complexity index is 404. The average molecular weight is 253 g/mol. The molecule has 0 aliphatic heterocycles. The zero-order valence-electron chi connectivity index (χ0n) is 7.39. The Kier molecular flexibility index (Phi) is 2.49. The molecule has 0 spiro atoms. The van der Waals surface area contributed by atoms with Gasteiger partial charge in [-0.3, -0.25) is 0 Å². The maximum Gasteiger partial charge on any atom is 0.137 e. The van der Waals surface area contributed by atoms with Crippen LogP contribution in [0.4, 0.5) is 5.69 Å². The second-order valence-corrected chi connectivity index (χ2v) is 3.90. The molecule has 0 amide bonds. The molecule has 0 atom stereocenters. The smallest absolute Gasteiger partial charge is 0.137 e. The minimum absolute atomic E-state index is 0.684. The third-order valence-corrected chi connectivity index (χ3v) is 2.25. The topological polar surface area (TPSA) is 56.7 Å². The molecule has 0 aliphatic rings. The Hall–Kier alpha value is -1.36. The van der Waals surface area contributed by atoms with E-state index in [2.05, 4.69) is 26.0 Å². The van der Waals surface area contributed by atoms with Gasteiger partial charge in [0.2, 0.25) is 0 Å². The first-order chi connectivity index (χ1) is 6.74. The van der Waals surface area contributed by atoms with Gasteiger partial charge in [0.1, 0.15) is 12.7 Å². The van der Waals surface area contributed by atoms with Crippen molar-refractivity contribution in [2.75, 3.05) is 5.73 Å². The predicted octanol–water partition coefficient (Wildman–Crippen LogP) is 1.67. The molecule has 1 aromatic carbocycles. The minimum atomic E-state index is 0.684. The van der Waals surface area contributed by atoms with Crippen molar-refractivity contribution in [1.29, 1.82) is 0 Å². The molecule has 72 valence electrons. The second kappa shape index (κ2) is 3.79. The summed E-state index contributed by atoms with van der Waals surface area (Å²) in [6.07, 6.45) is 3.19. The standard InChI is InChI=1S/C9H9BrN4/c10-8-1-7(2-9(11)3-8)4-14-6-12-5-13-14/h1-3,5-6H,4,11H2. The van der Waals surface area contributed by atoms with Crippen LogP contribution >= 0.6 is 15.9 Å². The van der Waals surface area contributed by atoms with Gasteiger partial charge in [-0.05, 0) is 23.8 Å². The summed E-state index contributed by atoms with van der Waals surface area (Å²) >= 11 is 3.39. The molecule has 2 N–H and O–H groups in total. The second-order valence-electron chi connectivity index (χ2n) is 2.99. The SMILES string of the molecule is Nc1cc(Br)cc(Cn2cncn2)c1. The number of benzene rings is 1. The Morgan fingerprint density at radius 3 is 2.86 bits per heavy atom. The first-order valence-electron chi connectivity index (χ1n) is 4.11. The fourth-order valence-corrected chi connectivity index (χ4v) is 1.83. The molecule has 2 rings (SSSR count). The Balaban J connectivity index is 2.25.